The van der Waals surface area contributed by atoms with Crippen molar-refractivity contribution in [1.29, 1.82) is 0 Å². The van der Waals surface area contributed by atoms with Crippen LogP contribution >= 0.6 is 0 Å². The number of urea groups is 1. The Morgan fingerprint density at radius 2 is 1.68 bits per heavy atom. The summed E-state index contributed by atoms with van der Waals surface area (Å²) in [4.78, 5) is 28.7. The second-order valence-corrected chi connectivity index (χ2v) is 8.32. The Morgan fingerprint density at radius 1 is 1.00 bits per heavy atom. The molecule has 1 N–H and O–H groups in total. The molecule has 0 radical (unpaired) electrons. The average molecular weight is 461 g/mol. The minimum Gasteiger partial charge on any atom is -0.372 e. The van der Waals surface area contributed by atoms with Gasteiger partial charge in [-0.1, -0.05) is 18.2 Å². The van der Waals surface area contributed by atoms with E-state index < -0.39 is 17.8 Å². The number of carbonyl (C=O) groups excluding carboxylic acids is 2. The van der Waals surface area contributed by atoms with Gasteiger partial charge in [-0.2, -0.15) is 0 Å². The molecule has 1 aromatic heterocycles. The molecule has 1 aliphatic heterocycles. The molecule has 3 aromatic rings. The van der Waals surface area contributed by atoms with Crippen molar-refractivity contribution in [3.63, 3.8) is 0 Å². The molecule has 0 atom stereocenters. The fraction of sp³-hybridized carbons (Fsp3) is 0.259. The highest BCUT2D eigenvalue weighted by molar-refractivity contribution is 6.14. The summed E-state index contributed by atoms with van der Waals surface area (Å²) in [6.07, 6.45) is 1.69. The number of amides is 3. The number of nitrogens with zero attached hydrogens (tertiary/aromatic N) is 3. The first kappa shape index (κ1) is 23.3. The van der Waals surface area contributed by atoms with Crippen LogP contribution in [0.3, 0.4) is 0 Å². The summed E-state index contributed by atoms with van der Waals surface area (Å²) in [5.41, 5.74) is 5.47. The van der Waals surface area contributed by atoms with Gasteiger partial charge >= 0.3 is 6.03 Å². The maximum Gasteiger partial charge on any atom is 0.329 e. The van der Waals surface area contributed by atoms with E-state index in [1.54, 1.807) is 24.3 Å². The lowest BCUT2D eigenvalue weighted by Gasteiger charge is -2.21. The quantitative estimate of drug-likeness (QED) is 0.391. The third-order valence-electron chi connectivity index (χ3n) is 6.26. The van der Waals surface area contributed by atoms with Crippen molar-refractivity contribution in [2.75, 3.05) is 18.0 Å². The number of nitrogens with one attached hydrogen (secondary N) is 1. The molecule has 1 fully saturated rings. The molecule has 34 heavy (non-hydrogen) atoms. The molecule has 2 heterocycles. The Morgan fingerprint density at radius 3 is 2.32 bits per heavy atom. The van der Waals surface area contributed by atoms with Crippen LogP contribution < -0.4 is 10.2 Å². The van der Waals surface area contributed by atoms with Crippen molar-refractivity contribution in [2.45, 2.75) is 34.2 Å². The average Bonchev–Trinajstić information content (AvgIpc) is 3.25. The van der Waals surface area contributed by atoms with E-state index in [4.69, 9.17) is 0 Å². The lowest BCUT2D eigenvalue weighted by atomic mass is 10.2. The van der Waals surface area contributed by atoms with Crippen LogP contribution in [0.15, 0.2) is 60.3 Å². The molecular weight excluding hydrogens is 431 g/mol. The van der Waals surface area contributed by atoms with Crippen LogP contribution in [0.4, 0.5) is 14.9 Å². The smallest absolute Gasteiger partial charge is 0.329 e. The summed E-state index contributed by atoms with van der Waals surface area (Å²) in [5.74, 6) is -0.919. The highest BCUT2D eigenvalue weighted by Gasteiger charge is 2.34. The van der Waals surface area contributed by atoms with Crippen molar-refractivity contribution in [2.24, 2.45) is 0 Å². The fourth-order valence-corrected chi connectivity index (χ4v) is 4.40. The van der Waals surface area contributed by atoms with E-state index in [1.165, 1.54) is 11.8 Å². The number of hydrogen-bond donors (Lipinski definition) is 1. The summed E-state index contributed by atoms with van der Waals surface area (Å²) in [6.45, 7) is 10.0. The van der Waals surface area contributed by atoms with Crippen LogP contribution in [0, 0.1) is 19.7 Å². The third kappa shape index (κ3) is 4.33. The van der Waals surface area contributed by atoms with Crippen molar-refractivity contribution >= 4 is 23.7 Å². The van der Waals surface area contributed by atoms with Crippen molar-refractivity contribution < 1.29 is 14.0 Å². The highest BCUT2D eigenvalue weighted by atomic mass is 19.1. The second kappa shape index (κ2) is 9.55. The number of aryl methyl sites for hydroxylation is 1. The molecule has 6 nitrogen and oxygen atoms in total. The number of anilines is 1. The first-order valence-electron chi connectivity index (χ1n) is 11.5. The van der Waals surface area contributed by atoms with Gasteiger partial charge < -0.3 is 14.8 Å². The normalized spacial score (nSPS) is 14.7. The number of rotatable bonds is 7. The molecule has 0 unspecified atom stereocenters. The maximum atomic E-state index is 14.0. The number of benzene rings is 2. The summed E-state index contributed by atoms with van der Waals surface area (Å²) < 4.78 is 16.1. The predicted octanol–water partition coefficient (Wildman–Crippen LogP) is 5.17. The second-order valence-electron chi connectivity index (χ2n) is 8.32. The van der Waals surface area contributed by atoms with Crippen LogP contribution in [-0.2, 0) is 11.3 Å². The molecule has 1 aliphatic rings. The summed E-state index contributed by atoms with van der Waals surface area (Å²) in [5, 5.41) is 2.63. The van der Waals surface area contributed by atoms with E-state index in [2.05, 4.69) is 52.9 Å². The van der Waals surface area contributed by atoms with Gasteiger partial charge in [-0.05, 0) is 75.7 Å². The highest BCUT2D eigenvalue weighted by Crippen LogP contribution is 2.26. The van der Waals surface area contributed by atoms with Gasteiger partial charge in [0.2, 0.25) is 0 Å². The Balaban J connectivity index is 1.60. The molecule has 7 heteroatoms. The monoisotopic (exact) mass is 460 g/mol. The molecule has 2 aromatic carbocycles. The topological polar surface area (TPSA) is 57.6 Å². The van der Waals surface area contributed by atoms with Crippen LogP contribution in [0.1, 0.15) is 36.4 Å². The van der Waals surface area contributed by atoms with Crippen LogP contribution in [0.5, 0.6) is 0 Å². The van der Waals surface area contributed by atoms with Gasteiger partial charge in [0.25, 0.3) is 5.91 Å². The van der Waals surface area contributed by atoms with Gasteiger partial charge in [0, 0.05) is 41.4 Å². The minimum atomic E-state index is -0.555. The third-order valence-corrected chi connectivity index (χ3v) is 6.26. The first-order valence-corrected chi connectivity index (χ1v) is 11.5. The fourth-order valence-electron chi connectivity index (χ4n) is 4.40. The van der Waals surface area contributed by atoms with Crippen LogP contribution in [-0.4, -0.2) is 34.5 Å². The standard InChI is InChI=1S/C27H29FN4O2/c1-5-30(6-2)22-11-13-23(14-12-22)32-18(3)15-21(19(32)4)16-25-26(33)31(27(34)29-25)17-20-9-7-8-10-24(20)28/h7-16H,5-6,17H2,1-4H3,(H,29,34)/b25-16+. The van der Waals surface area contributed by atoms with Gasteiger partial charge in [0.1, 0.15) is 11.5 Å². The van der Waals surface area contributed by atoms with Crippen LogP contribution in [0.25, 0.3) is 11.8 Å². The first-order chi connectivity index (χ1) is 16.3. The lowest BCUT2D eigenvalue weighted by molar-refractivity contribution is -0.123. The largest absolute Gasteiger partial charge is 0.372 e. The Labute approximate surface area is 199 Å². The summed E-state index contributed by atoms with van der Waals surface area (Å²) in [7, 11) is 0. The number of hydrogen-bond acceptors (Lipinski definition) is 3. The van der Waals surface area contributed by atoms with E-state index in [1.807, 2.05) is 19.9 Å². The van der Waals surface area contributed by atoms with E-state index in [0.717, 1.165) is 40.6 Å². The molecular formula is C27H29FN4O2. The van der Waals surface area contributed by atoms with Gasteiger partial charge in [-0.15, -0.1) is 0 Å². The van der Waals surface area contributed by atoms with Crippen molar-refractivity contribution in [3.05, 3.63) is 88.6 Å². The van der Waals surface area contributed by atoms with Crippen molar-refractivity contribution in [1.82, 2.24) is 14.8 Å². The van der Waals surface area contributed by atoms with Crippen LogP contribution in [0.2, 0.25) is 0 Å². The number of carbonyl (C=O) groups is 2. The van der Waals surface area contributed by atoms with E-state index in [0.29, 0.717) is 5.56 Å². The zero-order valence-electron chi connectivity index (χ0n) is 19.9. The molecule has 3 amide bonds. The van der Waals surface area contributed by atoms with Crippen molar-refractivity contribution in [3.8, 4) is 5.69 Å². The molecule has 0 saturated carbocycles. The lowest BCUT2D eigenvalue weighted by Crippen LogP contribution is -2.30. The molecule has 0 spiro atoms. The summed E-state index contributed by atoms with van der Waals surface area (Å²) >= 11 is 0. The Hall–Kier alpha value is -3.87. The maximum absolute atomic E-state index is 14.0. The molecule has 0 bridgehead atoms. The van der Waals surface area contributed by atoms with Gasteiger partial charge in [-0.3, -0.25) is 9.69 Å². The van der Waals surface area contributed by atoms with Gasteiger partial charge in [0.15, 0.2) is 0 Å². The molecule has 176 valence electrons. The van der Waals surface area contributed by atoms with Gasteiger partial charge in [-0.25, -0.2) is 9.18 Å². The molecule has 4 rings (SSSR count). The van der Waals surface area contributed by atoms with Gasteiger partial charge in [0.05, 0.1) is 6.54 Å². The molecule has 0 aliphatic carbocycles. The Bertz CT molecular complexity index is 1260. The summed E-state index contributed by atoms with van der Waals surface area (Å²) in [6, 6.07) is 16.0. The predicted molar refractivity (Wildman–Crippen MR) is 132 cm³/mol. The number of imide groups is 1. The van der Waals surface area contributed by atoms with E-state index in [9.17, 15) is 14.0 Å². The number of halogens is 1. The zero-order valence-corrected chi connectivity index (χ0v) is 19.9. The zero-order chi connectivity index (χ0) is 24.4. The van der Waals surface area contributed by atoms with E-state index in [-0.39, 0.29) is 12.2 Å². The Kier molecular flexibility index (Phi) is 6.54. The SMILES string of the molecule is CCN(CC)c1ccc(-n2c(C)cc(/C=C3/NC(=O)N(Cc4ccccc4F)C3=O)c2C)cc1. The molecule has 1 saturated heterocycles. The van der Waals surface area contributed by atoms with E-state index >= 15 is 0 Å². The minimum absolute atomic E-state index is 0.118. The number of aromatic nitrogens is 1.